The molecule has 5 heteroatoms. The van der Waals surface area contributed by atoms with Crippen LogP contribution in [0, 0.1) is 0 Å². The number of rotatable bonds is 1. The van der Waals surface area contributed by atoms with Crippen LogP contribution in [0.4, 0.5) is 0 Å². The van der Waals surface area contributed by atoms with Crippen molar-refractivity contribution in [3.05, 3.63) is 0 Å². The van der Waals surface area contributed by atoms with Crippen LogP contribution < -0.4 is 5.32 Å². The largest absolute Gasteiger partial charge is 0.479 e. The Kier molecular flexibility index (Phi) is 2.18. The van der Waals surface area contributed by atoms with Crippen molar-refractivity contribution in [2.45, 2.75) is 6.10 Å². The number of nitrogens with one attached hydrogen (secondary N) is 1. The van der Waals surface area contributed by atoms with Crippen LogP contribution in [-0.2, 0) is 9.53 Å². The number of hydrogen-bond acceptors (Lipinski definition) is 3. The highest BCUT2D eigenvalue weighted by atomic mass is 32.1. The lowest BCUT2D eigenvalue weighted by atomic mass is 10.3. The molecule has 4 nitrogen and oxygen atoms in total. The molecule has 10 heavy (non-hydrogen) atoms. The van der Waals surface area contributed by atoms with E-state index < -0.39 is 12.1 Å². The van der Waals surface area contributed by atoms with Gasteiger partial charge in [-0.15, -0.1) is 0 Å². The summed E-state index contributed by atoms with van der Waals surface area (Å²) < 4.78 is 4.85. The number of aliphatic carboxylic acids is 1. The van der Waals surface area contributed by atoms with E-state index in [2.05, 4.69) is 17.5 Å². The molecule has 0 aliphatic carbocycles. The van der Waals surface area contributed by atoms with Crippen molar-refractivity contribution < 1.29 is 14.6 Å². The van der Waals surface area contributed by atoms with Crippen molar-refractivity contribution in [1.29, 1.82) is 0 Å². The molecular weight excluding hydrogens is 154 g/mol. The number of ether oxygens (including phenoxy) is 1. The Morgan fingerprint density at radius 3 is 3.00 bits per heavy atom. The average Bonchev–Trinajstić information content (AvgIpc) is 1.88. The predicted octanol–water partition coefficient (Wildman–Crippen LogP) is -0.613. The summed E-state index contributed by atoms with van der Waals surface area (Å²) in [5.74, 6) is -1.03. The molecular formula is C5H7NO3S. The molecule has 0 aromatic rings. The molecule has 0 amide bonds. The van der Waals surface area contributed by atoms with Gasteiger partial charge in [0.05, 0.1) is 6.61 Å². The van der Waals surface area contributed by atoms with E-state index in [0.717, 1.165) is 0 Å². The Morgan fingerprint density at radius 1 is 1.90 bits per heavy atom. The quantitative estimate of drug-likeness (QED) is 0.502. The normalized spacial score (nSPS) is 25.6. The van der Waals surface area contributed by atoms with Crippen LogP contribution in [0.3, 0.4) is 0 Å². The summed E-state index contributed by atoms with van der Waals surface area (Å²) in [5, 5.41) is 11.2. The summed E-state index contributed by atoms with van der Waals surface area (Å²) in [5.41, 5.74) is 0. The number of carboxylic acid groups (broad SMARTS) is 1. The molecule has 1 saturated heterocycles. The molecule has 0 aromatic carbocycles. The first-order valence-corrected chi connectivity index (χ1v) is 3.25. The first-order valence-electron chi connectivity index (χ1n) is 2.84. The van der Waals surface area contributed by atoms with E-state index >= 15 is 0 Å². The van der Waals surface area contributed by atoms with Gasteiger partial charge >= 0.3 is 5.97 Å². The molecule has 0 saturated carbocycles. The molecule has 0 aromatic heterocycles. The van der Waals surface area contributed by atoms with Gasteiger partial charge in [0.25, 0.3) is 0 Å². The second kappa shape index (κ2) is 2.94. The van der Waals surface area contributed by atoms with Gasteiger partial charge in [-0.05, 0) is 0 Å². The lowest BCUT2D eigenvalue weighted by molar-refractivity contribution is -0.146. The van der Waals surface area contributed by atoms with Crippen LogP contribution in [0.1, 0.15) is 0 Å². The van der Waals surface area contributed by atoms with Gasteiger partial charge in [0, 0.05) is 6.54 Å². The van der Waals surface area contributed by atoms with Crippen molar-refractivity contribution in [3.8, 4) is 0 Å². The summed E-state index contributed by atoms with van der Waals surface area (Å²) >= 11 is 4.69. The fourth-order valence-corrected chi connectivity index (χ4v) is 0.974. The SMILES string of the molecule is O=C(O)[C@H]1OCCNC1=S. The Hall–Kier alpha value is -0.680. The topological polar surface area (TPSA) is 58.6 Å². The number of hydrogen-bond donors (Lipinski definition) is 2. The second-order valence-electron chi connectivity index (χ2n) is 1.88. The predicted molar refractivity (Wildman–Crippen MR) is 38.0 cm³/mol. The minimum Gasteiger partial charge on any atom is -0.479 e. The molecule has 2 N–H and O–H groups in total. The molecule has 1 heterocycles. The van der Waals surface area contributed by atoms with Crippen LogP contribution in [0.15, 0.2) is 0 Å². The molecule has 0 unspecified atom stereocenters. The third-order valence-electron chi connectivity index (χ3n) is 1.15. The highest BCUT2D eigenvalue weighted by Gasteiger charge is 2.25. The van der Waals surface area contributed by atoms with E-state index in [-0.39, 0.29) is 4.99 Å². The molecule has 1 aliphatic rings. The van der Waals surface area contributed by atoms with Gasteiger partial charge in [-0.25, -0.2) is 4.79 Å². The van der Waals surface area contributed by atoms with Crippen LogP contribution in [-0.4, -0.2) is 35.3 Å². The van der Waals surface area contributed by atoms with Crippen molar-refractivity contribution in [1.82, 2.24) is 5.32 Å². The van der Waals surface area contributed by atoms with Crippen LogP contribution >= 0.6 is 12.2 Å². The minimum absolute atomic E-state index is 0.263. The zero-order valence-corrected chi connectivity index (χ0v) is 5.98. The standard InChI is InChI=1S/C5H7NO3S/c7-5(8)3-4(10)6-1-2-9-3/h3H,1-2H2,(H,6,10)(H,7,8)/t3-/m0/s1. The number of carbonyl (C=O) groups is 1. The number of carboxylic acids is 1. The van der Waals surface area contributed by atoms with Crippen LogP contribution in [0.25, 0.3) is 0 Å². The summed E-state index contributed by atoms with van der Waals surface area (Å²) in [4.78, 5) is 10.6. The van der Waals surface area contributed by atoms with E-state index in [1.807, 2.05) is 0 Å². The van der Waals surface area contributed by atoms with E-state index in [1.165, 1.54) is 0 Å². The third kappa shape index (κ3) is 1.43. The van der Waals surface area contributed by atoms with Crippen molar-refractivity contribution in [2.75, 3.05) is 13.2 Å². The van der Waals surface area contributed by atoms with Crippen molar-refractivity contribution in [2.24, 2.45) is 0 Å². The summed E-state index contributed by atoms with van der Waals surface area (Å²) in [6.07, 6.45) is -0.941. The highest BCUT2D eigenvalue weighted by Crippen LogP contribution is 1.98. The minimum atomic E-state index is -1.03. The maximum atomic E-state index is 10.3. The fraction of sp³-hybridized carbons (Fsp3) is 0.600. The summed E-state index contributed by atoms with van der Waals surface area (Å²) in [6.45, 7) is 1.000. The van der Waals surface area contributed by atoms with Gasteiger partial charge in [-0.2, -0.15) is 0 Å². The second-order valence-corrected chi connectivity index (χ2v) is 2.32. The summed E-state index contributed by atoms with van der Waals surface area (Å²) in [7, 11) is 0. The van der Waals surface area contributed by atoms with E-state index in [1.54, 1.807) is 0 Å². The maximum Gasteiger partial charge on any atom is 0.339 e. The van der Waals surface area contributed by atoms with Gasteiger partial charge in [0.2, 0.25) is 6.10 Å². The molecule has 1 rings (SSSR count). The first kappa shape index (κ1) is 7.43. The average molecular weight is 161 g/mol. The van der Waals surface area contributed by atoms with Gasteiger partial charge in [0.1, 0.15) is 4.99 Å². The molecule has 1 aliphatic heterocycles. The van der Waals surface area contributed by atoms with E-state index in [9.17, 15) is 4.79 Å². The zero-order chi connectivity index (χ0) is 7.56. The molecule has 0 bridgehead atoms. The lowest BCUT2D eigenvalue weighted by Crippen LogP contribution is -2.47. The smallest absolute Gasteiger partial charge is 0.339 e. The first-order chi connectivity index (χ1) is 4.72. The fourth-order valence-electron chi connectivity index (χ4n) is 0.703. The van der Waals surface area contributed by atoms with Crippen LogP contribution in [0.2, 0.25) is 0 Å². The molecule has 1 atom stereocenters. The van der Waals surface area contributed by atoms with Gasteiger partial charge in [-0.3, -0.25) is 0 Å². The van der Waals surface area contributed by atoms with Gasteiger partial charge in [0.15, 0.2) is 0 Å². The Bertz CT molecular complexity index is 170. The van der Waals surface area contributed by atoms with Crippen LogP contribution in [0.5, 0.6) is 0 Å². The van der Waals surface area contributed by atoms with E-state index in [4.69, 9.17) is 9.84 Å². The number of thiocarbonyl (C=S) groups is 1. The molecule has 56 valence electrons. The van der Waals surface area contributed by atoms with Crippen molar-refractivity contribution >= 4 is 23.2 Å². The monoisotopic (exact) mass is 161 g/mol. The lowest BCUT2D eigenvalue weighted by Gasteiger charge is -2.21. The Labute approximate surface area is 63.2 Å². The van der Waals surface area contributed by atoms with Crippen molar-refractivity contribution in [3.63, 3.8) is 0 Å². The van der Waals surface area contributed by atoms with Gasteiger partial charge < -0.3 is 15.2 Å². The number of morpholine rings is 1. The molecule has 1 fully saturated rings. The summed E-state index contributed by atoms with van der Waals surface area (Å²) in [6, 6.07) is 0. The van der Waals surface area contributed by atoms with E-state index in [0.29, 0.717) is 13.2 Å². The highest BCUT2D eigenvalue weighted by molar-refractivity contribution is 7.80. The molecule has 0 spiro atoms. The maximum absolute atomic E-state index is 10.3. The van der Waals surface area contributed by atoms with Gasteiger partial charge in [-0.1, -0.05) is 12.2 Å². The Balaban J connectivity index is 2.56. The molecule has 0 radical (unpaired) electrons. The Morgan fingerprint density at radius 2 is 2.60 bits per heavy atom. The third-order valence-corrected chi connectivity index (χ3v) is 1.51. The zero-order valence-electron chi connectivity index (χ0n) is 5.16.